The van der Waals surface area contributed by atoms with Crippen LogP contribution in [0.1, 0.15) is 43.0 Å². The van der Waals surface area contributed by atoms with Gasteiger partial charge in [-0.05, 0) is 37.0 Å². The number of rotatable bonds is 4. The fourth-order valence-corrected chi connectivity index (χ4v) is 3.16. The lowest BCUT2D eigenvalue weighted by Gasteiger charge is -2.29. The maximum Gasteiger partial charge on any atom is 0.338 e. The standard InChI is InChI=1S/C18H23NO5/c1-12-4-2-3-5-14(12)19-17(20)11-24-18(21)13-6-7-15-16(10-13)23-9-8-22-15/h6-7,10,12,14H,2-5,8-9,11H2,1H3,(H,19,20)/t12-,14+/m1/s1. The molecule has 1 saturated carbocycles. The summed E-state index contributed by atoms with van der Waals surface area (Å²) >= 11 is 0. The van der Waals surface area contributed by atoms with Crippen molar-refractivity contribution in [3.63, 3.8) is 0 Å². The Kier molecular flexibility index (Phi) is 5.23. The van der Waals surface area contributed by atoms with Gasteiger partial charge >= 0.3 is 5.97 Å². The number of esters is 1. The van der Waals surface area contributed by atoms with Crippen LogP contribution in [0.4, 0.5) is 0 Å². The van der Waals surface area contributed by atoms with Gasteiger partial charge in [-0.25, -0.2) is 4.79 Å². The van der Waals surface area contributed by atoms with Gasteiger partial charge in [-0.15, -0.1) is 0 Å². The van der Waals surface area contributed by atoms with Gasteiger partial charge in [0.25, 0.3) is 5.91 Å². The van der Waals surface area contributed by atoms with Gasteiger partial charge in [-0.1, -0.05) is 19.8 Å². The number of hydrogen-bond acceptors (Lipinski definition) is 5. The van der Waals surface area contributed by atoms with Crippen LogP contribution in [-0.2, 0) is 9.53 Å². The van der Waals surface area contributed by atoms with Crippen molar-refractivity contribution in [1.29, 1.82) is 0 Å². The highest BCUT2D eigenvalue weighted by Crippen LogP contribution is 2.31. The molecule has 1 heterocycles. The van der Waals surface area contributed by atoms with Crippen LogP contribution < -0.4 is 14.8 Å². The molecule has 0 spiro atoms. The summed E-state index contributed by atoms with van der Waals surface area (Å²) in [7, 11) is 0. The normalized spacial score (nSPS) is 22.5. The largest absolute Gasteiger partial charge is 0.486 e. The highest BCUT2D eigenvalue weighted by molar-refractivity contribution is 5.92. The molecule has 3 rings (SSSR count). The van der Waals surface area contributed by atoms with E-state index in [4.69, 9.17) is 14.2 Å². The summed E-state index contributed by atoms with van der Waals surface area (Å²) in [6.07, 6.45) is 4.46. The molecule has 1 fully saturated rings. The lowest BCUT2D eigenvalue weighted by Crippen LogP contribution is -2.42. The zero-order valence-corrected chi connectivity index (χ0v) is 13.9. The van der Waals surface area contributed by atoms with E-state index in [2.05, 4.69) is 12.2 Å². The zero-order chi connectivity index (χ0) is 16.9. The molecule has 0 radical (unpaired) electrons. The monoisotopic (exact) mass is 333 g/mol. The van der Waals surface area contributed by atoms with E-state index in [1.54, 1.807) is 18.2 Å². The van der Waals surface area contributed by atoms with Crippen molar-refractivity contribution < 1.29 is 23.8 Å². The number of fused-ring (bicyclic) bond motifs is 1. The maximum absolute atomic E-state index is 12.1. The molecule has 130 valence electrons. The fourth-order valence-electron chi connectivity index (χ4n) is 3.16. The third-order valence-corrected chi connectivity index (χ3v) is 4.57. The quantitative estimate of drug-likeness (QED) is 0.856. The van der Waals surface area contributed by atoms with Crippen molar-refractivity contribution in [2.75, 3.05) is 19.8 Å². The van der Waals surface area contributed by atoms with E-state index in [1.165, 1.54) is 6.42 Å². The first kappa shape index (κ1) is 16.6. The van der Waals surface area contributed by atoms with Crippen LogP contribution in [0.5, 0.6) is 11.5 Å². The summed E-state index contributed by atoms with van der Waals surface area (Å²) in [6, 6.07) is 5.04. The van der Waals surface area contributed by atoms with Gasteiger partial charge in [-0.3, -0.25) is 4.79 Å². The Morgan fingerprint density at radius 1 is 1.17 bits per heavy atom. The molecule has 1 aromatic carbocycles. The number of carbonyl (C=O) groups excluding carboxylic acids is 2. The molecule has 0 saturated heterocycles. The zero-order valence-electron chi connectivity index (χ0n) is 13.9. The Balaban J connectivity index is 1.50. The van der Waals surface area contributed by atoms with E-state index in [0.29, 0.717) is 36.2 Å². The minimum absolute atomic E-state index is 0.180. The molecule has 6 heteroatoms. The van der Waals surface area contributed by atoms with Crippen molar-refractivity contribution in [2.45, 2.75) is 38.6 Å². The van der Waals surface area contributed by atoms with Crippen molar-refractivity contribution in [1.82, 2.24) is 5.32 Å². The van der Waals surface area contributed by atoms with Crippen LogP contribution in [0.25, 0.3) is 0 Å². The van der Waals surface area contributed by atoms with Gasteiger partial charge in [0.15, 0.2) is 18.1 Å². The molecule has 1 N–H and O–H groups in total. The van der Waals surface area contributed by atoms with Gasteiger partial charge in [0.05, 0.1) is 5.56 Å². The first-order chi connectivity index (χ1) is 11.6. The predicted molar refractivity (Wildman–Crippen MR) is 87.3 cm³/mol. The summed E-state index contributed by atoms with van der Waals surface area (Å²) in [4.78, 5) is 24.1. The van der Waals surface area contributed by atoms with Crippen LogP contribution >= 0.6 is 0 Å². The van der Waals surface area contributed by atoms with Crippen LogP contribution in [0.2, 0.25) is 0 Å². The molecule has 24 heavy (non-hydrogen) atoms. The second-order valence-corrected chi connectivity index (χ2v) is 6.37. The van der Waals surface area contributed by atoms with Crippen molar-refractivity contribution >= 4 is 11.9 Å². The van der Waals surface area contributed by atoms with E-state index in [1.807, 2.05) is 0 Å². The van der Waals surface area contributed by atoms with Crippen molar-refractivity contribution in [3.05, 3.63) is 23.8 Å². The summed E-state index contributed by atoms with van der Waals surface area (Å²) in [5.74, 6) is 0.813. The van der Waals surface area contributed by atoms with Gasteiger partial charge in [0.1, 0.15) is 13.2 Å². The van der Waals surface area contributed by atoms with Crippen molar-refractivity contribution in [3.8, 4) is 11.5 Å². The Labute approximate surface area is 141 Å². The second kappa shape index (κ2) is 7.55. The van der Waals surface area contributed by atoms with E-state index in [9.17, 15) is 9.59 Å². The molecule has 0 aromatic heterocycles. The Morgan fingerprint density at radius 3 is 2.71 bits per heavy atom. The lowest BCUT2D eigenvalue weighted by molar-refractivity contribution is -0.125. The molecule has 6 nitrogen and oxygen atoms in total. The van der Waals surface area contributed by atoms with Crippen LogP contribution in [-0.4, -0.2) is 37.7 Å². The fraction of sp³-hybridized carbons (Fsp3) is 0.556. The molecule has 1 aliphatic heterocycles. The highest BCUT2D eigenvalue weighted by atomic mass is 16.6. The van der Waals surface area contributed by atoms with Crippen LogP contribution in [0.3, 0.4) is 0 Å². The topological polar surface area (TPSA) is 73.9 Å². The third-order valence-electron chi connectivity index (χ3n) is 4.57. The minimum atomic E-state index is -0.543. The summed E-state index contributed by atoms with van der Waals surface area (Å²) in [6.45, 7) is 2.83. The average molecular weight is 333 g/mol. The van der Waals surface area contributed by atoms with E-state index >= 15 is 0 Å². The molecule has 2 atom stereocenters. The number of ether oxygens (including phenoxy) is 3. The van der Waals surface area contributed by atoms with Gasteiger partial charge in [0.2, 0.25) is 0 Å². The van der Waals surface area contributed by atoms with Gasteiger partial charge in [0, 0.05) is 6.04 Å². The Hall–Kier alpha value is -2.24. The van der Waals surface area contributed by atoms with Crippen LogP contribution in [0, 0.1) is 5.92 Å². The predicted octanol–water partition coefficient (Wildman–Crippen LogP) is 2.31. The van der Waals surface area contributed by atoms with Gasteiger partial charge < -0.3 is 19.5 Å². The Morgan fingerprint density at radius 2 is 1.92 bits per heavy atom. The molecule has 1 amide bonds. The highest BCUT2D eigenvalue weighted by Gasteiger charge is 2.23. The molecule has 2 aliphatic rings. The number of benzene rings is 1. The maximum atomic E-state index is 12.1. The Bertz CT molecular complexity index is 615. The molecule has 0 unspecified atom stereocenters. The number of carbonyl (C=O) groups is 2. The first-order valence-corrected chi connectivity index (χ1v) is 8.49. The molecule has 1 aliphatic carbocycles. The number of hydrogen-bond donors (Lipinski definition) is 1. The molecular weight excluding hydrogens is 310 g/mol. The van der Waals surface area contributed by atoms with E-state index in [0.717, 1.165) is 19.3 Å². The smallest absolute Gasteiger partial charge is 0.338 e. The van der Waals surface area contributed by atoms with E-state index < -0.39 is 5.97 Å². The second-order valence-electron chi connectivity index (χ2n) is 6.37. The summed E-state index contributed by atoms with van der Waals surface area (Å²) in [5.41, 5.74) is 0.345. The summed E-state index contributed by atoms with van der Waals surface area (Å²) in [5, 5.41) is 2.96. The third kappa shape index (κ3) is 3.99. The van der Waals surface area contributed by atoms with Gasteiger partial charge in [-0.2, -0.15) is 0 Å². The summed E-state index contributed by atoms with van der Waals surface area (Å²) < 4.78 is 16.0. The molecule has 0 bridgehead atoms. The molecular formula is C18H23NO5. The number of nitrogens with one attached hydrogen (secondary N) is 1. The van der Waals surface area contributed by atoms with Crippen LogP contribution in [0.15, 0.2) is 18.2 Å². The first-order valence-electron chi connectivity index (χ1n) is 8.49. The SMILES string of the molecule is C[C@@H]1CCCC[C@@H]1NC(=O)COC(=O)c1ccc2c(c1)OCCO2. The van der Waals surface area contributed by atoms with E-state index in [-0.39, 0.29) is 18.6 Å². The molecule has 1 aromatic rings. The van der Waals surface area contributed by atoms with Crippen molar-refractivity contribution in [2.24, 2.45) is 5.92 Å². The number of amides is 1. The lowest BCUT2D eigenvalue weighted by atomic mass is 9.86. The minimum Gasteiger partial charge on any atom is -0.486 e. The average Bonchev–Trinajstić information content (AvgIpc) is 2.61.